The lowest BCUT2D eigenvalue weighted by atomic mass is 9.90. The number of benzene rings is 1. The molecule has 142 valence electrons. The van der Waals surface area contributed by atoms with Crippen molar-refractivity contribution in [2.45, 2.75) is 64.2 Å². The van der Waals surface area contributed by atoms with E-state index < -0.39 is 0 Å². The minimum absolute atomic E-state index is 0.350. The van der Waals surface area contributed by atoms with Gasteiger partial charge in [0.2, 0.25) is 0 Å². The molecule has 0 heterocycles. The number of ether oxygens (including phenoxy) is 2. The van der Waals surface area contributed by atoms with Gasteiger partial charge in [-0.25, -0.2) is 9.59 Å². The van der Waals surface area contributed by atoms with Crippen LogP contribution in [0.4, 0.5) is 0 Å². The van der Waals surface area contributed by atoms with Crippen LogP contribution in [0.3, 0.4) is 0 Å². The maximum Gasteiger partial charge on any atom is 0.338 e. The fraction of sp³-hybridized carbons (Fsp3) is 0.636. The summed E-state index contributed by atoms with van der Waals surface area (Å²) in [6.07, 6.45) is 12.0. The van der Waals surface area contributed by atoms with E-state index in [0.29, 0.717) is 36.2 Å². The Morgan fingerprint density at radius 2 is 1.15 bits per heavy atom. The van der Waals surface area contributed by atoms with E-state index in [-0.39, 0.29) is 11.9 Å². The van der Waals surface area contributed by atoms with Crippen molar-refractivity contribution >= 4 is 11.9 Å². The van der Waals surface area contributed by atoms with Crippen LogP contribution in [0.5, 0.6) is 0 Å². The molecule has 3 rings (SSSR count). The first-order valence-corrected chi connectivity index (χ1v) is 10.2. The van der Waals surface area contributed by atoms with Crippen LogP contribution in [0.1, 0.15) is 84.9 Å². The lowest BCUT2D eigenvalue weighted by Crippen LogP contribution is -2.18. The molecule has 0 N–H and O–H groups in total. The monoisotopic (exact) mass is 358 g/mol. The Hall–Kier alpha value is -1.84. The summed E-state index contributed by atoms with van der Waals surface area (Å²) in [6, 6.07) is 6.70. The third kappa shape index (κ3) is 5.58. The number of hydrogen-bond donors (Lipinski definition) is 0. The standard InChI is InChI=1S/C22H30O4/c23-21(25-15-17-8-3-1-4-9-17)19-12-7-13-20(14-19)22(24)26-16-18-10-5-2-6-11-18/h7,12-14,17-18H,1-6,8-11,15-16H2. The molecule has 0 amide bonds. The first kappa shape index (κ1) is 18.9. The Morgan fingerprint density at radius 1 is 0.731 bits per heavy atom. The summed E-state index contributed by atoms with van der Waals surface area (Å²) in [7, 11) is 0. The molecule has 0 radical (unpaired) electrons. The topological polar surface area (TPSA) is 52.6 Å². The summed E-state index contributed by atoms with van der Waals surface area (Å²) in [4.78, 5) is 24.6. The Kier molecular flexibility index (Phi) is 7.10. The van der Waals surface area contributed by atoms with Gasteiger partial charge in [-0.2, -0.15) is 0 Å². The fourth-order valence-electron chi connectivity index (χ4n) is 4.03. The quantitative estimate of drug-likeness (QED) is 0.659. The molecule has 0 saturated heterocycles. The predicted octanol–water partition coefficient (Wildman–Crippen LogP) is 5.16. The molecule has 0 aromatic heterocycles. The number of carbonyl (C=O) groups excluding carboxylic acids is 2. The summed E-state index contributed by atoms with van der Waals surface area (Å²) in [6.45, 7) is 0.963. The molecule has 26 heavy (non-hydrogen) atoms. The van der Waals surface area contributed by atoms with Crippen molar-refractivity contribution in [3.8, 4) is 0 Å². The highest BCUT2D eigenvalue weighted by Crippen LogP contribution is 2.25. The summed E-state index contributed by atoms with van der Waals surface area (Å²) < 4.78 is 10.9. The van der Waals surface area contributed by atoms with Crippen molar-refractivity contribution < 1.29 is 19.1 Å². The zero-order valence-corrected chi connectivity index (χ0v) is 15.6. The van der Waals surface area contributed by atoms with Gasteiger partial charge in [-0.3, -0.25) is 0 Å². The minimum Gasteiger partial charge on any atom is -0.462 e. The van der Waals surface area contributed by atoms with Crippen molar-refractivity contribution in [3.63, 3.8) is 0 Å². The molecule has 0 unspecified atom stereocenters. The van der Waals surface area contributed by atoms with Crippen molar-refractivity contribution in [1.29, 1.82) is 0 Å². The second-order valence-corrected chi connectivity index (χ2v) is 7.79. The van der Waals surface area contributed by atoms with Gasteiger partial charge in [-0.05, 0) is 55.7 Å². The summed E-state index contributed by atoms with van der Waals surface area (Å²) in [5.41, 5.74) is 0.848. The zero-order chi connectivity index (χ0) is 18.2. The van der Waals surface area contributed by atoms with Crippen LogP contribution in [0.15, 0.2) is 24.3 Å². The van der Waals surface area contributed by atoms with Gasteiger partial charge in [-0.1, -0.05) is 44.6 Å². The van der Waals surface area contributed by atoms with E-state index in [2.05, 4.69) is 0 Å². The van der Waals surface area contributed by atoms with Gasteiger partial charge in [0.25, 0.3) is 0 Å². The molecule has 2 saturated carbocycles. The predicted molar refractivity (Wildman–Crippen MR) is 100 cm³/mol. The molecule has 2 aliphatic rings. The molecule has 0 atom stereocenters. The average molecular weight is 358 g/mol. The van der Waals surface area contributed by atoms with E-state index in [1.807, 2.05) is 0 Å². The minimum atomic E-state index is -0.350. The molecule has 0 aliphatic heterocycles. The number of rotatable bonds is 6. The highest BCUT2D eigenvalue weighted by molar-refractivity contribution is 5.95. The van der Waals surface area contributed by atoms with Crippen LogP contribution in [0, 0.1) is 11.8 Å². The van der Waals surface area contributed by atoms with Crippen molar-refractivity contribution in [3.05, 3.63) is 35.4 Å². The highest BCUT2D eigenvalue weighted by atomic mass is 16.5. The van der Waals surface area contributed by atoms with Gasteiger partial charge < -0.3 is 9.47 Å². The molecule has 4 heteroatoms. The summed E-state index contributed by atoms with van der Waals surface area (Å²) in [5.74, 6) is 0.266. The number of esters is 2. The van der Waals surface area contributed by atoms with Gasteiger partial charge in [-0.15, -0.1) is 0 Å². The molecular formula is C22H30O4. The Morgan fingerprint density at radius 3 is 1.58 bits per heavy atom. The molecule has 1 aromatic carbocycles. The molecule has 0 spiro atoms. The SMILES string of the molecule is O=C(OCC1CCCCC1)c1cccc(C(=O)OCC2CCCCC2)c1. The molecule has 2 aliphatic carbocycles. The highest BCUT2D eigenvalue weighted by Gasteiger charge is 2.19. The van der Waals surface area contributed by atoms with E-state index in [4.69, 9.17) is 9.47 Å². The second kappa shape index (κ2) is 9.75. The van der Waals surface area contributed by atoms with E-state index in [9.17, 15) is 9.59 Å². The average Bonchev–Trinajstić information content (AvgIpc) is 2.72. The molecule has 4 nitrogen and oxygen atoms in total. The molecule has 1 aromatic rings. The van der Waals surface area contributed by atoms with E-state index in [1.54, 1.807) is 24.3 Å². The van der Waals surface area contributed by atoms with Gasteiger partial charge in [0.05, 0.1) is 24.3 Å². The summed E-state index contributed by atoms with van der Waals surface area (Å²) in [5, 5.41) is 0. The van der Waals surface area contributed by atoms with Crippen molar-refractivity contribution in [2.75, 3.05) is 13.2 Å². The lowest BCUT2D eigenvalue weighted by molar-refractivity contribution is 0.0408. The normalized spacial score (nSPS) is 19.1. The van der Waals surface area contributed by atoms with Gasteiger partial charge in [0.1, 0.15) is 0 Å². The third-order valence-electron chi connectivity index (χ3n) is 5.68. The molecular weight excluding hydrogens is 328 g/mol. The molecule has 2 fully saturated rings. The lowest BCUT2D eigenvalue weighted by Gasteiger charge is -2.21. The maximum absolute atomic E-state index is 12.3. The van der Waals surface area contributed by atoms with E-state index >= 15 is 0 Å². The van der Waals surface area contributed by atoms with Crippen LogP contribution in [-0.2, 0) is 9.47 Å². The molecule has 0 bridgehead atoms. The zero-order valence-electron chi connectivity index (χ0n) is 15.6. The van der Waals surface area contributed by atoms with Crippen LogP contribution >= 0.6 is 0 Å². The largest absolute Gasteiger partial charge is 0.462 e. The van der Waals surface area contributed by atoms with Crippen LogP contribution in [0.25, 0.3) is 0 Å². The van der Waals surface area contributed by atoms with Crippen molar-refractivity contribution in [1.82, 2.24) is 0 Å². The van der Waals surface area contributed by atoms with Crippen molar-refractivity contribution in [2.24, 2.45) is 11.8 Å². The van der Waals surface area contributed by atoms with Gasteiger partial charge in [0.15, 0.2) is 0 Å². The van der Waals surface area contributed by atoms with E-state index in [1.165, 1.54) is 38.5 Å². The van der Waals surface area contributed by atoms with E-state index in [0.717, 1.165) is 25.7 Å². The summed E-state index contributed by atoms with van der Waals surface area (Å²) >= 11 is 0. The van der Waals surface area contributed by atoms with Gasteiger partial charge in [0, 0.05) is 0 Å². The number of hydrogen-bond acceptors (Lipinski definition) is 4. The van der Waals surface area contributed by atoms with Crippen LogP contribution < -0.4 is 0 Å². The van der Waals surface area contributed by atoms with Crippen LogP contribution in [0.2, 0.25) is 0 Å². The third-order valence-corrected chi connectivity index (χ3v) is 5.68. The van der Waals surface area contributed by atoms with Gasteiger partial charge >= 0.3 is 11.9 Å². The maximum atomic E-state index is 12.3. The second-order valence-electron chi connectivity index (χ2n) is 7.79. The number of carbonyl (C=O) groups is 2. The Labute approximate surface area is 156 Å². The Balaban J connectivity index is 1.49. The fourth-order valence-corrected chi connectivity index (χ4v) is 4.03. The van der Waals surface area contributed by atoms with Crippen LogP contribution in [-0.4, -0.2) is 25.2 Å². The first-order valence-electron chi connectivity index (χ1n) is 10.2. The Bertz CT molecular complexity index is 549. The smallest absolute Gasteiger partial charge is 0.338 e. The first-order chi connectivity index (χ1) is 12.7.